The number of halogens is 2. The van der Waals surface area contributed by atoms with E-state index in [1.807, 2.05) is 0 Å². The van der Waals surface area contributed by atoms with Crippen molar-refractivity contribution in [3.63, 3.8) is 0 Å². The van der Waals surface area contributed by atoms with Gasteiger partial charge >= 0.3 is 0 Å². The number of sulfone groups is 1. The molecule has 0 spiro atoms. The Bertz CT molecular complexity index is 965. The maximum absolute atomic E-state index is 13.7. The monoisotopic (exact) mass is 339 g/mol. The molecule has 0 saturated carbocycles. The van der Waals surface area contributed by atoms with Gasteiger partial charge in [0.05, 0.1) is 4.90 Å². The van der Waals surface area contributed by atoms with Gasteiger partial charge in [0.2, 0.25) is 0 Å². The molecular formula is C15H11F2NO2S2. The topological polar surface area (TPSA) is 49.9 Å². The summed E-state index contributed by atoms with van der Waals surface area (Å²) in [5.74, 6) is -1.26. The molecule has 0 amide bonds. The minimum atomic E-state index is -3.28. The highest BCUT2D eigenvalue weighted by Crippen LogP contribution is 2.35. The van der Waals surface area contributed by atoms with E-state index < -0.39 is 21.5 Å². The molecule has 1 heterocycles. The number of aromatic nitrogens is 1. The van der Waals surface area contributed by atoms with Gasteiger partial charge in [-0.2, -0.15) is 0 Å². The lowest BCUT2D eigenvalue weighted by Gasteiger charge is -2.03. The number of benzene rings is 2. The van der Waals surface area contributed by atoms with E-state index in [0.717, 1.165) is 34.4 Å². The first kappa shape index (κ1) is 15.1. The van der Waals surface area contributed by atoms with Crippen LogP contribution in [0.4, 0.5) is 8.78 Å². The number of aromatic amines is 1. The van der Waals surface area contributed by atoms with Crippen LogP contribution in [0.1, 0.15) is 0 Å². The zero-order valence-electron chi connectivity index (χ0n) is 11.4. The summed E-state index contributed by atoms with van der Waals surface area (Å²) in [5.41, 5.74) is 0.646. The van der Waals surface area contributed by atoms with Crippen molar-refractivity contribution in [3.8, 4) is 0 Å². The molecule has 22 heavy (non-hydrogen) atoms. The molecule has 3 aromatic rings. The fourth-order valence-corrected chi connectivity index (χ4v) is 3.65. The van der Waals surface area contributed by atoms with Crippen molar-refractivity contribution >= 4 is 32.5 Å². The van der Waals surface area contributed by atoms with E-state index in [4.69, 9.17) is 0 Å². The molecular weight excluding hydrogens is 328 g/mol. The van der Waals surface area contributed by atoms with Gasteiger partial charge in [0.1, 0.15) is 11.6 Å². The fraction of sp³-hybridized carbons (Fsp3) is 0.0667. The average molecular weight is 339 g/mol. The summed E-state index contributed by atoms with van der Waals surface area (Å²) < 4.78 is 49.7. The minimum absolute atomic E-state index is 0.214. The number of fused-ring (bicyclic) bond motifs is 1. The van der Waals surface area contributed by atoms with Crippen LogP contribution in [0.25, 0.3) is 10.9 Å². The number of rotatable bonds is 3. The zero-order valence-corrected chi connectivity index (χ0v) is 13.1. The number of hydrogen-bond donors (Lipinski definition) is 1. The first-order chi connectivity index (χ1) is 10.3. The van der Waals surface area contributed by atoms with E-state index in [1.54, 1.807) is 12.3 Å². The summed E-state index contributed by atoms with van der Waals surface area (Å²) in [6.07, 6.45) is 2.81. The van der Waals surface area contributed by atoms with Crippen molar-refractivity contribution in [2.75, 3.05) is 6.26 Å². The quantitative estimate of drug-likeness (QED) is 0.785. The first-order valence-electron chi connectivity index (χ1n) is 6.29. The summed E-state index contributed by atoms with van der Waals surface area (Å²) in [5, 5.41) is 0.779. The van der Waals surface area contributed by atoms with Gasteiger partial charge in [-0.05, 0) is 24.3 Å². The fourth-order valence-electron chi connectivity index (χ4n) is 2.07. The smallest absolute Gasteiger partial charge is 0.175 e. The van der Waals surface area contributed by atoms with Gasteiger partial charge < -0.3 is 4.98 Å². The summed E-state index contributed by atoms with van der Waals surface area (Å²) in [6.45, 7) is 0. The Morgan fingerprint density at radius 2 is 1.82 bits per heavy atom. The van der Waals surface area contributed by atoms with Crippen LogP contribution in [0, 0.1) is 11.6 Å². The van der Waals surface area contributed by atoms with Gasteiger partial charge in [-0.1, -0.05) is 17.8 Å². The first-order valence-corrected chi connectivity index (χ1v) is 8.99. The predicted molar refractivity (Wildman–Crippen MR) is 81.9 cm³/mol. The maximum atomic E-state index is 13.7. The molecule has 0 bridgehead atoms. The summed E-state index contributed by atoms with van der Waals surface area (Å²) >= 11 is 1.15. The molecule has 3 nitrogen and oxygen atoms in total. The van der Waals surface area contributed by atoms with E-state index in [2.05, 4.69) is 4.98 Å². The lowest BCUT2D eigenvalue weighted by molar-refractivity contribution is 0.565. The highest BCUT2D eigenvalue weighted by Gasteiger charge is 2.13. The molecule has 0 atom stereocenters. The van der Waals surface area contributed by atoms with E-state index >= 15 is 0 Å². The summed E-state index contributed by atoms with van der Waals surface area (Å²) in [6, 6.07) is 8.12. The Hall–Kier alpha value is -1.86. The van der Waals surface area contributed by atoms with E-state index in [9.17, 15) is 17.2 Å². The van der Waals surface area contributed by atoms with E-state index in [-0.39, 0.29) is 4.90 Å². The highest BCUT2D eigenvalue weighted by atomic mass is 32.2. The normalized spacial score (nSPS) is 12.0. The molecule has 0 fully saturated rings. The Morgan fingerprint density at radius 3 is 2.50 bits per heavy atom. The lowest BCUT2D eigenvalue weighted by Crippen LogP contribution is -1.96. The molecule has 114 valence electrons. The number of nitrogens with one attached hydrogen (secondary N) is 1. The van der Waals surface area contributed by atoms with Crippen LogP contribution in [-0.2, 0) is 9.84 Å². The predicted octanol–water partition coefficient (Wildman–Crippen LogP) is 4.00. The van der Waals surface area contributed by atoms with Crippen LogP contribution in [0.2, 0.25) is 0 Å². The zero-order chi connectivity index (χ0) is 15.9. The molecule has 7 heteroatoms. The Balaban J connectivity index is 2.02. The summed E-state index contributed by atoms with van der Waals surface area (Å²) in [4.78, 5) is 4.22. The van der Waals surface area contributed by atoms with Crippen LogP contribution < -0.4 is 0 Å². The maximum Gasteiger partial charge on any atom is 0.175 e. The second-order valence-corrected chi connectivity index (χ2v) is 7.91. The van der Waals surface area contributed by atoms with Gasteiger partial charge in [0.15, 0.2) is 9.84 Å². The van der Waals surface area contributed by atoms with Gasteiger partial charge in [0.25, 0.3) is 0 Å². The van der Waals surface area contributed by atoms with Crippen LogP contribution in [0.3, 0.4) is 0 Å². The average Bonchev–Trinajstić information content (AvgIpc) is 2.83. The number of H-pyrrole nitrogens is 1. The molecule has 1 aromatic heterocycles. The van der Waals surface area contributed by atoms with Crippen molar-refractivity contribution in [1.82, 2.24) is 4.98 Å². The number of hydrogen-bond acceptors (Lipinski definition) is 3. The SMILES string of the molecule is CS(=O)(=O)c1ccc2c(Sc3ccc(F)cc3F)c[nH]c2c1. The lowest BCUT2D eigenvalue weighted by atomic mass is 10.2. The molecule has 0 unspecified atom stereocenters. The molecule has 0 aliphatic heterocycles. The molecule has 0 aliphatic rings. The Kier molecular flexibility index (Phi) is 3.70. The van der Waals surface area contributed by atoms with Crippen molar-refractivity contribution in [1.29, 1.82) is 0 Å². The molecule has 0 saturated heterocycles. The van der Waals surface area contributed by atoms with E-state index in [0.29, 0.717) is 10.4 Å². The van der Waals surface area contributed by atoms with Crippen LogP contribution in [-0.4, -0.2) is 19.7 Å². The molecule has 1 N–H and O–H groups in total. The van der Waals surface area contributed by atoms with Gasteiger partial charge in [0, 0.05) is 39.2 Å². The van der Waals surface area contributed by atoms with Gasteiger partial charge in [-0.15, -0.1) is 0 Å². The van der Waals surface area contributed by atoms with Crippen molar-refractivity contribution < 1.29 is 17.2 Å². The van der Waals surface area contributed by atoms with Crippen molar-refractivity contribution in [2.24, 2.45) is 0 Å². The molecule has 2 aromatic carbocycles. The molecule has 0 aliphatic carbocycles. The molecule has 3 rings (SSSR count). The second-order valence-electron chi connectivity index (χ2n) is 4.81. The van der Waals surface area contributed by atoms with Crippen molar-refractivity contribution in [2.45, 2.75) is 14.7 Å². The van der Waals surface area contributed by atoms with Crippen LogP contribution in [0.15, 0.2) is 57.3 Å². The highest BCUT2D eigenvalue weighted by molar-refractivity contribution is 7.99. The van der Waals surface area contributed by atoms with Crippen LogP contribution in [0.5, 0.6) is 0 Å². The van der Waals surface area contributed by atoms with Crippen LogP contribution >= 0.6 is 11.8 Å². The third-order valence-corrected chi connectivity index (χ3v) is 5.38. The third kappa shape index (κ3) is 2.86. The third-order valence-electron chi connectivity index (χ3n) is 3.16. The Labute approximate surface area is 130 Å². The summed E-state index contributed by atoms with van der Waals surface area (Å²) in [7, 11) is -3.28. The largest absolute Gasteiger partial charge is 0.360 e. The van der Waals surface area contributed by atoms with Crippen molar-refractivity contribution in [3.05, 3.63) is 54.2 Å². The van der Waals surface area contributed by atoms with Gasteiger partial charge in [-0.25, -0.2) is 17.2 Å². The van der Waals surface area contributed by atoms with E-state index in [1.165, 1.54) is 24.3 Å². The molecule has 0 radical (unpaired) electrons. The Morgan fingerprint density at radius 1 is 1.05 bits per heavy atom. The second kappa shape index (κ2) is 5.40. The van der Waals surface area contributed by atoms with Gasteiger partial charge in [-0.3, -0.25) is 0 Å². The standard InChI is InChI=1S/C15H11F2NO2S2/c1-22(19,20)10-3-4-11-13(7-10)18-8-15(11)21-14-5-2-9(16)6-12(14)17/h2-8,18H,1H3. The minimum Gasteiger partial charge on any atom is -0.360 e.